The van der Waals surface area contributed by atoms with E-state index in [1.54, 1.807) is 11.8 Å². The largest absolute Gasteiger partial charge is 0.324 e. The lowest BCUT2D eigenvalue weighted by atomic mass is 10.1. The third-order valence-electron chi connectivity index (χ3n) is 2.58. The number of rotatable bonds is 3. The molecule has 2 aromatic rings. The first-order valence-electron chi connectivity index (χ1n) is 5.90. The number of benzene rings is 1. The third kappa shape index (κ3) is 3.31. The van der Waals surface area contributed by atoms with Crippen molar-refractivity contribution in [2.75, 3.05) is 0 Å². The Morgan fingerprint density at radius 1 is 1.06 bits per heavy atom. The number of aryl methyl sites for hydroxylation is 2. The Hall–Kier alpha value is -1.39. The van der Waals surface area contributed by atoms with Gasteiger partial charge in [-0.1, -0.05) is 12.1 Å². The molecule has 0 radical (unpaired) electrons. The Kier molecular flexibility index (Phi) is 3.99. The molecule has 0 amide bonds. The fourth-order valence-corrected chi connectivity index (χ4v) is 2.55. The highest BCUT2D eigenvalue weighted by Gasteiger charge is 2.04. The molecule has 0 aliphatic rings. The van der Waals surface area contributed by atoms with E-state index in [1.807, 2.05) is 26.8 Å². The Labute approximate surface area is 112 Å². The second-order valence-corrected chi connectivity index (χ2v) is 5.43. The van der Waals surface area contributed by atoms with E-state index in [4.69, 9.17) is 5.73 Å². The van der Waals surface area contributed by atoms with Gasteiger partial charge < -0.3 is 5.73 Å². The molecule has 0 spiro atoms. The minimum absolute atomic E-state index is 0.0708. The molecule has 0 saturated carbocycles. The van der Waals surface area contributed by atoms with Crippen LogP contribution in [-0.4, -0.2) is 9.97 Å². The SMILES string of the molecule is Cc1cc(C)nc(Sc2ccc([C@H](C)N)cc2)n1. The Bertz CT molecular complexity index is 515. The van der Waals surface area contributed by atoms with Gasteiger partial charge in [0.05, 0.1) is 0 Å². The molecule has 0 fully saturated rings. The molecule has 0 aliphatic heterocycles. The van der Waals surface area contributed by atoms with Crippen LogP contribution in [0.3, 0.4) is 0 Å². The molecule has 0 aliphatic carbocycles. The normalized spacial score (nSPS) is 12.4. The molecule has 0 bridgehead atoms. The Morgan fingerprint density at radius 3 is 2.11 bits per heavy atom. The van der Waals surface area contributed by atoms with E-state index >= 15 is 0 Å². The maximum atomic E-state index is 5.82. The zero-order valence-electron chi connectivity index (χ0n) is 10.8. The minimum Gasteiger partial charge on any atom is -0.324 e. The molecule has 1 aromatic carbocycles. The summed E-state index contributed by atoms with van der Waals surface area (Å²) in [5.41, 5.74) is 8.96. The van der Waals surface area contributed by atoms with E-state index in [9.17, 15) is 0 Å². The predicted octanol–water partition coefficient (Wildman–Crippen LogP) is 3.26. The lowest BCUT2D eigenvalue weighted by molar-refractivity contribution is 0.817. The first-order chi connectivity index (χ1) is 8.54. The van der Waals surface area contributed by atoms with E-state index in [-0.39, 0.29) is 6.04 Å². The maximum Gasteiger partial charge on any atom is 0.192 e. The van der Waals surface area contributed by atoms with E-state index in [0.29, 0.717) is 0 Å². The van der Waals surface area contributed by atoms with Crippen molar-refractivity contribution < 1.29 is 0 Å². The first kappa shape index (κ1) is 13.1. The van der Waals surface area contributed by atoms with Crippen molar-refractivity contribution in [3.05, 3.63) is 47.3 Å². The van der Waals surface area contributed by atoms with Crippen molar-refractivity contribution in [1.29, 1.82) is 0 Å². The molecule has 1 atom stereocenters. The second-order valence-electron chi connectivity index (χ2n) is 4.39. The minimum atomic E-state index is 0.0708. The van der Waals surface area contributed by atoms with Gasteiger partial charge in [0.15, 0.2) is 5.16 Å². The molecule has 94 valence electrons. The molecule has 4 heteroatoms. The smallest absolute Gasteiger partial charge is 0.192 e. The zero-order valence-corrected chi connectivity index (χ0v) is 11.7. The van der Waals surface area contributed by atoms with Crippen LogP contribution in [0.2, 0.25) is 0 Å². The molecule has 1 heterocycles. The third-order valence-corrected chi connectivity index (χ3v) is 3.45. The average Bonchev–Trinajstić information content (AvgIpc) is 2.28. The highest BCUT2D eigenvalue weighted by atomic mass is 32.2. The van der Waals surface area contributed by atoms with Crippen LogP contribution in [0.15, 0.2) is 40.4 Å². The molecule has 2 N–H and O–H groups in total. The molecular formula is C14H17N3S. The van der Waals surface area contributed by atoms with Gasteiger partial charge in [-0.25, -0.2) is 9.97 Å². The molecule has 0 unspecified atom stereocenters. The van der Waals surface area contributed by atoms with Gasteiger partial charge in [0.1, 0.15) is 0 Å². The van der Waals surface area contributed by atoms with Crippen LogP contribution in [0.4, 0.5) is 0 Å². The molecule has 0 saturated heterocycles. The van der Waals surface area contributed by atoms with Gasteiger partial charge in [0.25, 0.3) is 0 Å². The van der Waals surface area contributed by atoms with Crippen LogP contribution in [0.1, 0.15) is 29.9 Å². The lowest BCUT2D eigenvalue weighted by Gasteiger charge is -2.07. The standard InChI is InChI=1S/C14H17N3S/c1-9-8-10(2)17-14(16-9)18-13-6-4-12(5-7-13)11(3)15/h4-8,11H,15H2,1-3H3/t11-/m0/s1. The summed E-state index contributed by atoms with van der Waals surface area (Å²) in [6, 6.07) is 10.3. The summed E-state index contributed by atoms with van der Waals surface area (Å²) >= 11 is 1.57. The van der Waals surface area contributed by atoms with E-state index in [1.165, 1.54) is 0 Å². The zero-order chi connectivity index (χ0) is 13.1. The summed E-state index contributed by atoms with van der Waals surface area (Å²) in [7, 11) is 0. The number of nitrogens with zero attached hydrogens (tertiary/aromatic N) is 2. The molecular weight excluding hydrogens is 242 g/mol. The fourth-order valence-electron chi connectivity index (χ4n) is 1.68. The maximum absolute atomic E-state index is 5.82. The van der Waals surface area contributed by atoms with Gasteiger partial charge >= 0.3 is 0 Å². The van der Waals surface area contributed by atoms with Crippen LogP contribution in [0.5, 0.6) is 0 Å². The molecule has 2 rings (SSSR count). The van der Waals surface area contributed by atoms with Crippen molar-refractivity contribution in [3.63, 3.8) is 0 Å². The first-order valence-corrected chi connectivity index (χ1v) is 6.72. The van der Waals surface area contributed by atoms with Crippen LogP contribution >= 0.6 is 11.8 Å². The molecule has 1 aromatic heterocycles. The molecule has 3 nitrogen and oxygen atoms in total. The summed E-state index contributed by atoms with van der Waals surface area (Å²) in [5, 5.41) is 0.793. The summed E-state index contributed by atoms with van der Waals surface area (Å²) < 4.78 is 0. The topological polar surface area (TPSA) is 51.8 Å². The van der Waals surface area contributed by atoms with E-state index in [0.717, 1.165) is 27.0 Å². The summed E-state index contributed by atoms with van der Waals surface area (Å²) in [4.78, 5) is 9.96. The lowest BCUT2D eigenvalue weighted by Crippen LogP contribution is -2.04. The fraction of sp³-hybridized carbons (Fsp3) is 0.286. The number of hydrogen-bond acceptors (Lipinski definition) is 4. The van der Waals surface area contributed by atoms with Gasteiger partial charge in [0, 0.05) is 22.3 Å². The molecule has 18 heavy (non-hydrogen) atoms. The van der Waals surface area contributed by atoms with Crippen molar-refractivity contribution >= 4 is 11.8 Å². The number of nitrogens with two attached hydrogens (primary N) is 1. The second kappa shape index (κ2) is 5.50. The average molecular weight is 259 g/mol. The quantitative estimate of drug-likeness (QED) is 0.860. The van der Waals surface area contributed by atoms with Crippen LogP contribution in [0.25, 0.3) is 0 Å². The predicted molar refractivity (Wildman–Crippen MR) is 74.7 cm³/mol. The van der Waals surface area contributed by atoms with Crippen LogP contribution < -0.4 is 5.73 Å². The highest BCUT2D eigenvalue weighted by Crippen LogP contribution is 2.26. The van der Waals surface area contributed by atoms with Crippen molar-refractivity contribution in [2.24, 2.45) is 5.73 Å². The van der Waals surface area contributed by atoms with Crippen molar-refractivity contribution in [1.82, 2.24) is 9.97 Å². The van der Waals surface area contributed by atoms with E-state index < -0.39 is 0 Å². The van der Waals surface area contributed by atoms with E-state index in [2.05, 4.69) is 34.2 Å². The van der Waals surface area contributed by atoms with Gasteiger partial charge in [-0.15, -0.1) is 0 Å². The van der Waals surface area contributed by atoms with Crippen LogP contribution in [-0.2, 0) is 0 Å². The Morgan fingerprint density at radius 2 is 1.61 bits per heavy atom. The summed E-state index contributed by atoms with van der Waals surface area (Å²) in [5.74, 6) is 0. The number of aromatic nitrogens is 2. The van der Waals surface area contributed by atoms with Gasteiger partial charge in [-0.05, 0) is 56.3 Å². The van der Waals surface area contributed by atoms with Crippen molar-refractivity contribution in [3.8, 4) is 0 Å². The van der Waals surface area contributed by atoms with Gasteiger partial charge in [-0.2, -0.15) is 0 Å². The highest BCUT2D eigenvalue weighted by molar-refractivity contribution is 7.99. The Balaban J connectivity index is 2.18. The number of hydrogen-bond donors (Lipinski definition) is 1. The van der Waals surface area contributed by atoms with Gasteiger partial charge in [0.2, 0.25) is 0 Å². The monoisotopic (exact) mass is 259 g/mol. The van der Waals surface area contributed by atoms with Crippen LogP contribution in [0, 0.1) is 13.8 Å². The summed E-state index contributed by atoms with van der Waals surface area (Å²) in [6.45, 7) is 5.95. The van der Waals surface area contributed by atoms with Gasteiger partial charge in [-0.3, -0.25) is 0 Å². The van der Waals surface area contributed by atoms with Crippen molar-refractivity contribution in [2.45, 2.75) is 36.9 Å². The summed E-state index contributed by atoms with van der Waals surface area (Å²) in [6.07, 6.45) is 0.